The van der Waals surface area contributed by atoms with E-state index in [1.54, 1.807) is 29.2 Å². The normalized spacial score (nSPS) is 10.9. The van der Waals surface area contributed by atoms with Gasteiger partial charge in [-0.1, -0.05) is 0 Å². The lowest BCUT2D eigenvalue weighted by Gasteiger charge is -1.99. The smallest absolute Gasteiger partial charge is 0.181 e. The van der Waals surface area contributed by atoms with Crippen LogP contribution in [0.2, 0.25) is 0 Å². The number of anilines is 1. The van der Waals surface area contributed by atoms with Crippen LogP contribution in [0.15, 0.2) is 41.3 Å². The van der Waals surface area contributed by atoms with Crippen molar-refractivity contribution in [3.05, 3.63) is 41.3 Å². The topological polar surface area (TPSA) is 69.6 Å². The van der Waals surface area contributed by atoms with E-state index in [1.807, 2.05) is 12.3 Å². The van der Waals surface area contributed by atoms with Gasteiger partial charge < -0.3 is 5.73 Å². The van der Waals surface area contributed by atoms with Gasteiger partial charge in [0, 0.05) is 40.2 Å². The Hall–Kier alpha value is -1.95. The van der Waals surface area contributed by atoms with Gasteiger partial charge >= 0.3 is 0 Å². The number of hydrogen-bond acceptors (Lipinski definition) is 4. The first-order valence-corrected chi connectivity index (χ1v) is 5.74. The number of rotatable bonds is 1. The standard InChI is InChI=1S/C11H8BrN5/c12-8-3-7-6-17(16-11(7)15-5-8)10-4-9(13)1-2-14-10/h1-6H,(H2,13,14). The fraction of sp³-hybridized carbons (Fsp3) is 0. The van der Waals surface area contributed by atoms with Gasteiger partial charge in [-0.15, -0.1) is 5.10 Å². The Bertz CT molecular complexity index is 691. The summed E-state index contributed by atoms with van der Waals surface area (Å²) in [6.45, 7) is 0. The van der Waals surface area contributed by atoms with Gasteiger partial charge in [0.25, 0.3) is 0 Å². The third-order valence-corrected chi connectivity index (χ3v) is 2.76. The summed E-state index contributed by atoms with van der Waals surface area (Å²) in [5, 5.41) is 5.28. The highest BCUT2D eigenvalue weighted by atomic mass is 79.9. The summed E-state index contributed by atoms with van der Waals surface area (Å²) in [7, 11) is 0. The van der Waals surface area contributed by atoms with Crippen LogP contribution in [0.1, 0.15) is 0 Å². The second-order valence-corrected chi connectivity index (χ2v) is 4.50. The Morgan fingerprint density at radius 3 is 2.94 bits per heavy atom. The van der Waals surface area contributed by atoms with Crippen LogP contribution in [0, 0.1) is 0 Å². The van der Waals surface area contributed by atoms with E-state index < -0.39 is 0 Å². The van der Waals surface area contributed by atoms with Gasteiger partial charge in [0.2, 0.25) is 0 Å². The number of hydrogen-bond donors (Lipinski definition) is 1. The van der Waals surface area contributed by atoms with Crippen molar-refractivity contribution in [1.29, 1.82) is 0 Å². The van der Waals surface area contributed by atoms with Crippen LogP contribution in [0.25, 0.3) is 16.9 Å². The number of pyridine rings is 2. The van der Waals surface area contributed by atoms with Crippen molar-refractivity contribution in [3.8, 4) is 5.82 Å². The molecule has 0 bridgehead atoms. The highest BCUT2D eigenvalue weighted by Crippen LogP contribution is 2.17. The van der Waals surface area contributed by atoms with Gasteiger partial charge in [-0.05, 0) is 28.1 Å². The second kappa shape index (κ2) is 3.81. The predicted molar refractivity (Wildman–Crippen MR) is 68.8 cm³/mol. The molecular formula is C11H8BrN5. The minimum absolute atomic E-state index is 0.656. The molecule has 3 aromatic rings. The van der Waals surface area contributed by atoms with Crippen molar-refractivity contribution in [2.24, 2.45) is 0 Å². The minimum Gasteiger partial charge on any atom is -0.399 e. The Balaban J connectivity index is 2.18. The van der Waals surface area contributed by atoms with Gasteiger partial charge in [0.05, 0.1) is 0 Å². The molecule has 0 spiro atoms. The summed E-state index contributed by atoms with van der Waals surface area (Å²) in [5.41, 5.74) is 7.04. The first kappa shape index (κ1) is 10.2. The molecule has 2 N–H and O–H groups in total. The maximum Gasteiger partial charge on any atom is 0.181 e. The summed E-state index contributed by atoms with van der Waals surface area (Å²) < 4.78 is 2.59. The van der Waals surface area contributed by atoms with E-state index in [9.17, 15) is 0 Å². The molecule has 5 nitrogen and oxygen atoms in total. The number of nitrogens with two attached hydrogens (primary N) is 1. The molecule has 0 aliphatic carbocycles. The first-order chi connectivity index (χ1) is 8.22. The van der Waals surface area contributed by atoms with E-state index in [2.05, 4.69) is 31.0 Å². The summed E-state index contributed by atoms with van der Waals surface area (Å²) in [6, 6.07) is 5.46. The number of aromatic nitrogens is 4. The molecule has 0 atom stereocenters. The van der Waals surface area contributed by atoms with Gasteiger partial charge in [-0.25, -0.2) is 14.6 Å². The van der Waals surface area contributed by atoms with E-state index in [0.717, 1.165) is 9.86 Å². The lowest BCUT2D eigenvalue weighted by molar-refractivity contribution is 0.856. The van der Waals surface area contributed by atoms with Gasteiger partial charge in [0.15, 0.2) is 11.5 Å². The van der Waals surface area contributed by atoms with Crippen LogP contribution in [-0.4, -0.2) is 19.7 Å². The zero-order valence-corrected chi connectivity index (χ0v) is 10.3. The zero-order chi connectivity index (χ0) is 11.8. The molecule has 0 aliphatic rings. The largest absolute Gasteiger partial charge is 0.399 e. The average Bonchev–Trinajstić information content (AvgIpc) is 2.72. The maximum absolute atomic E-state index is 5.71. The molecular weight excluding hydrogens is 282 g/mol. The molecule has 6 heteroatoms. The molecule has 0 fully saturated rings. The SMILES string of the molecule is Nc1ccnc(-n2cc3cc(Br)cnc3n2)c1. The Morgan fingerprint density at radius 1 is 1.24 bits per heavy atom. The van der Waals surface area contributed by atoms with E-state index in [-0.39, 0.29) is 0 Å². The van der Waals surface area contributed by atoms with Crippen LogP contribution in [0.5, 0.6) is 0 Å². The molecule has 0 saturated heterocycles. The summed E-state index contributed by atoms with van der Waals surface area (Å²) in [6.07, 6.45) is 5.24. The lowest BCUT2D eigenvalue weighted by atomic mass is 10.3. The number of nitrogen functional groups attached to an aromatic ring is 1. The molecule has 0 unspecified atom stereocenters. The van der Waals surface area contributed by atoms with E-state index in [1.165, 1.54) is 0 Å². The van der Waals surface area contributed by atoms with Crippen molar-refractivity contribution in [2.75, 3.05) is 5.73 Å². The van der Waals surface area contributed by atoms with Crippen molar-refractivity contribution in [2.45, 2.75) is 0 Å². The van der Waals surface area contributed by atoms with E-state index in [0.29, 0.717) is 17.2 Å². The monoisotopic (exact) mass is 289 g/mol. The van der Waals surface area contributed by atoms with Gasteiger partial charge in [-0.2, -0.15) is 0 Å². The predicted octanol–water partition coefficient (Wildman–Crippen LogP) is 2.16. The van der Waals surface area contributed by atoms with Gasteiger partial charge in [-0.3, -0.25) is 0 Å². The molecule has 3 rings (SSSR count). The highest BCUT2D eigenvalue weighted by Gasteiger charge is 2.05. The van der Waals surface area contributed by atoms with Crippen LogP contribution >= 0.6 is 15.9 Å². The Morgan fingerprint density at radius 2 is 2.12 bits per heavy atom. The third-order valence-electron chi connectivity index (χ3n) is 2.33. The highest BCUT2D eigenvalue weighted by molar-refractivity contribution is 9.10. The molecule has 0 aromatic carbocycles. The molecule has 0 radical (unpaired) electrons. The fourth-order valence-corrected chi connectivity index (χ4v) is 1.91. The number of halogens is 1. The number of nitrogens with zero attached hydrogens (tertiary/aromatic N) is 4. The molecule has 0 aliphatic heterocycles. The van der Waals surface area contributed by atoms with Crippen molar-refractivity contribution in [1.82, 2.24) is 19.7 Å². The van der Waals surface area contributed by atoms with E-state index in [4.69, 9.17) is 5.73 Å². The Labute approximate surface area is 105 Å². The van der Waals surface area contributed by atoms with Crippen molar-refractivity contribution in [3.63, 3.8) is 0 Å². The van der Waals surface area contributed by atoms with Crippen LogP contribution in [0.3, 0.4) is 0 Å². The van der Waals surface area contributed by atoms with Gasteiger partial charge in [0.1, 0.15) is 0 Å². The zero-order valence-electron chi connectivity index (χ0n) is 8.71. The number of fused-ring (bicyclic) bond motifs is 1. The quantitative estimate of drug-likeness (QED) is 0.745. The molecule has 17 heavy (non-hydrogen) atoms. The van der Waals surface area contributed by atoms with Crippen LogP contribution < -0.4 is 5.73 Å². The van der Waals surface area contributed by atoms with Crippen LogP contribution in [0.4, 0.5) is 5.69 Å². The average molecular weight is 290 g/mol. The second-order valence-electron chi connectivity index (χ2n) is 3.59. The molecule has 0 amide bonds. The van der Waals surface area contributed by atoms with Crippen molar-refractivity contribution >= 4 is 32.7 Å². The summed E-state index contributed by atoms with van der Waals surface area (Å²) in [5.74, 6) is 0.680. The molecule has 0 saturated carbocycles. The fourth-order valence-electron chi connectivity index (χ4n) is 1.57. The first-order valence-electron chi connectivity index (χ1n) is 4.95. The van der Waals surface area contributed by atoms with E-state index >= 15 is 0 Å². The summed E-state index contributed by atoms with van der Waals surface area (Å²) in [4.78, 5) is 8.42. The third kappa shape index (κ3) is 1.87. The molecule has 3 aromatic heterocycles. The minimum atomic E-state index is 0.656. The maximum atomic E-state index is 5.71. The van der Waals surface area contributed by atoms with Crippen LogP contribution in [-0.2, 0) is 0 Å². The van der Waals surface area contributed by atoms with Crippen molar-refractivity contribution < 1.29 is 0 Å². The Kier molecular flexibility index (Phi) is 2.29. The molecule has 84 valence electrons. The lowest BCUT2D eigenvalue weighted by Crippen LogP contribution is -1.98. The summed E-state index contributed by atoms with van der Waals surface area (Å²) >= 11 is 3.37. The molecule has 3 heterocycles.